The first-order chi connectivity index (χ1) is 23.4. The topological polar surface area (TPSA) is 97.4 Å². The smallest absolute Gasteiger partial charge is 0.257 e. The molecule has 13 heteroatoms. The number of halogens is 2. The fraction of sp³-hybridized carbons (Fsp3) is 0.343. The molecule has 1 saturated heterocycles. The number of anilines is 1. The third-order valence-corrected chi connectivity index (χ3v) is 9.63. The summed E-state index contributed by atoms with van der Waals surface area (Å²) < 4.78 is 9.32. The van der Waals surface area contributed by atoms with Crippen LogP contribution in [0.2, 0.25) is 10.0 Å². The minimum absolute atomic E-state index is 0.0126. The molecule has 0 N–H and O–H groups in total. The van der Waals surface area contributed by atoms with Crippen molar-refractivity contribution in [1.29, 1.82) is 0 Å². The Bertz CT molecular complexity index is 1880. The molecule has 1 aliphatic rings. The fourth-order valence-corrected chi connectivity index (χ4v) is 6.69. The zero-order valence-electron chi connectivity index (χ0n) is 27.2. The summed E-state index contributed by atoms with van der Waals surface area (Å²) in [5.74, 6) is 1.31. The molecule has 0 radical (unpaired) electrons. The van der Waals surface area contributed by atoms with Crippen LogP contribution in [0.4, 0.5) is 5.95 Å². The van der Waals surface area contributed by atoms with Crippen LogP contribution < -0.4 is 9.64 Å². The second-order valence-corrected chi connectivity index (χ2v) is 12.8. The van der Waals surface area contributed by atoms with Crippen LogP contribution in [0.15, 0.2) is 79.6 Å². The molecule has 5 aromatic rings. The average Bonchev–Trinajstić information content (AvgIpc) is 3.71. The van der Waals surface area contributed by atoms with Crippen LogP contribution >= 0.6 is 23.2 Å². The van der Waals surface area contributed by atoms with Gasteiger partial charge in [-0.1, -0.05) is 47.5 Å². The van der Waals surface area contributed by atoms with E-state index in [0.29, 0.717) is 40.1 Å². The zero-order valence-corrected chi connectivity index (χ0v) is 28.7. The Morgan fingerprint density at radius 3 is 2.69 bits per heavy atom. The van der Waals surface area contributed by atoms with Gasteiger partial charge in [-0.3, -0.25) is 4.79 Å². The van der Waals surface area contributed by atoms with Crippen molar-refractivity contribution < 1.29 is 9.53 Å². The summed E-state index contributed by atoms with van der Waals surface area (Å²) in [4.78, 5) is 25.5. The number of rotatable bonds is 12. The van der Waals surface area contributed by atoms with Gasteiger partial charge in [-0.25, -0.2) is 9.67 Å². The summed E-state index contributed by atoms with van der Waals surface area (Å²) in [6, 6.07) is 19.3. The van der Waals surface area contributed by atoms with Gasteiger partial charge in [0, 0.05) is 45.7 Å². The SMILES string of the molecule is C=CCn1c(N2CCCN(CCC(CN(C)C(=O)c3cc(-n4cnnn4)ccc3OC)c3ccc(Cl)c(Cl)c3)CC2)nc2ccccc21. The minimum atomic E-state index is -0.167. The van der Waals surface area contributed by atoms with Crippen LogP contribution in [0.3, 0.4) is 0 Å². The molecule has 3 aromatic carbocycles. The van der Waals surface area contributed by atoms with Crippen LogP contribution in [0.25, 0.3) is 16.7 Å². The molecule has 1 amide bonds. The van der Waals surface area contributed by atoms with E-state index >= 15 is 0 Å². The van der Waals surface area contributed by atoms with Crippen molar-refractivity contribution in [2.24, 2.45) is 0 Å². The van der Waals surface area contributed by atoms with Gasteiger partial charge in [0.05, 0.1) is 39.4 Å². The highest BCUT2D eigenvalue weighted by atomic mass is 35.5. The first-order valence-corrected chi connectivity index (χ1v) is 16.8. The number of para-hydroxylation sites is 2. The monoisotopic (exact) mass is 687 g/mol. The molecule has 6 rings (SSSR count). The number of ether oxygens (including phenoxy) is 1. The highest BCUT2D eigenvalue weighted by molar-refractivity contribution is 6.42. The van der Waals surface area contributed by atoms with Crippen LogP contribution in [0, 0.1) is 0 Å². The Morgan fingerprint density at radius 2 is 1.92 bits per heavy atom. The highest BCUT2D eigenvalue weighted by Crippen LogP contribution is 2.31. The predicted molar refractivity (Wildman–Crippen MR) is 190 cm³/mol. The lowest BCUT2D eigenvalue weighted by molar-refractivity contribution is 0.0779. The second kappa shape index (κ2) is 15.2. The molecule has 250 valence electrons. The van der Waals surface area contributed by atoms with Crippen LogP contribution in [0.5, 0.6) is 5.75 Å². The van der Waals surface area contributed by atoms with Gasteiger partial charge in [-0.2, -0.15) is 0 Å². The van der Waals surface area contributed by atoms with Gasteiger partial charge in [0.15, 0.2) is 0 Å². The normalized spacial score (nSPS) is 14.5. The Morgan fingerprint density at radius 1 is 1.06 bits per heavy atom. The summed E-state index contributed by atoms with van der Waals surface area (Å²) >= 11 is 12.8. The number of tetrazole rings is 1. The number of aromatic nitrogens is 6. The first-order valence-electron chi connectivity index (χ1n) is 16.0. The maximum atomic E-state index is 13.9. The zero-order chi connectivity index (χ0) is 33.6. The summed E-state index contributed by atoms with van der Waals surface area (Å²) in [5, 5.41) is 12.4. The number of hydrogen-bond acceptors (Lipinski definition) is 8. The maximum Gasteiger partial charge on any atom is 0.257 e. The summed E-state index contributed by atoms with van der Waals surface area (Å²) in [6.45, 7) is 9.70. The maximum absolute atomic E-state index is 13.9. The van der Waals surface area contributed by atoms with Crippen molar-refractivity contribution >= 4 is 46.1 Å². The lowest BCUT2D eigenvalue weighted by Gasteiger charge is -2.28. The number of hydrogen-bond donors (Lipinski definition) is 0. The number of imidazole rings is 1. The molecular formula is C35H39Cl2N9O2. The van der Waals surface area contributed by atoms with Gasteiger partial charge in [-0.05, 0) is 84.4 Å². The number of nitrogens with zero attached hydrogens (tertiary/aromatic N) is 9. The molecule has 3 heterocycles. The van der Waals surface area contributed by atoms with E-state index in [4.69, 9.17) is 32.9 Å². The lowest BCUT2D eigenvalue weighted by atomic mass is 9.94. The molecule has 1 fully saturated rings. The molecule has 1 atom stereocenters. The van der Waals surface area contributed by atoms with E-state index in [1.807, 2.05) is 43.5 Å². The van der Waals surface area contributed by atoms with E-state index in [0.717, 1.165) is 68.1 Å². The Hall–Kier alpha value is -4.45. The molecule has 0 spiro atoms. The van der Waals surface area contributed by atoms with E-state index in [2.05, 4.69) is 54.7 Å². The molecule has 2 aromatic heterocycles. The average molecular weight is 689 g/mol. The molecule has 0 bridgehead atoms. The van der Waals surface area contributed by atoms with Crippen molar-refractivity contribution in [3.63, 3.8) is 0 Å². The van der Waals surface area contributed by atoms with Gasteiger partial charge in [0.2, 0.25) is 5.95 Å². The molecule has 1 aliphatic heterocycles. The van der Waals surface area contributed by atoms with E-state index in [-0.39, 0.29) is 11.8 Å². The summed E-state index contributed by atoms with van der Waals surface area (Å²) in [5.41, 5.74) is 4.24. The predicted octanol–water partition coefficient (Wildman–Crippen LogP) is 5.97. The highest BCUT2D eigenvalue weighted by Gasteiger charge is 2.25. The second-order valence-electron chi connectivity index (χ2n) is 12.0. The third kappa shape index (κ3) is 7.33. The fourth-order valence-electron chi connectivity index (χ4n) is 6.38. The van der Waals surface area contributed by atoms with Gasteiger partial charge in [-0.15, -0.1) is 11.7 Å². The molecule has 48 heavy (non-hydrogen) atoms. The third-order valence-electron chi connectivity index (χ3n) is 8.89. The largest absolute Gasteiger partial charge is 0.496 e. The van der Waals surface area contributed by atoms with E-state index < -0.39 is 0 Å². The van der Waals surface area contributed by atoms with Crippen LogP contribution in [0.1, 0.15) is 34.7 Å². The number of amides is 1. The quantitative estimate of drug-likeness (QED) is 0.148. The van der Waals surface area contributed by atoms with E-state index in [1.54, 1.807) is 24.1 Å². The Labute approximate surface area is 290 Å². The molecule has 0 saturated carbocycles. The molecular weight excluding hydrogens is 649 g/mol. The standard InChI is InChI=1S/C35H39Cl2N9O2/c1-4-15-45-32-9-6-5-8-31(32)39-35(45)44-17-7-16-43(19-20-44)18-14-26(25-10-12-29(36)30(37)21-25)23-42(2)34(47)28-22-27(11-13-33(28)48-3)46-24-38-40-41-46/h4-6,8-13,21-22,24,26H,1,7,14-20,23H2,2-3H3. The Kier molecular flexibility index (Phi) is 10.6. The van der Waals surface area contributed by atoms with Crippen molar-refractivity contribution in [2.75, 3.05) is 58.3 Å². The number of benzene rings is 3. The van der Waals surface area contributed by atoms with Gasteiger partial charge >= 0.3 is 0 Å². The number of allylic oxidation sites excluding steroid dienone is 1. The van der Waals surface area contributed by atoms with Gasteiger partial charge < -0.3 is 24.0 Å². The van der Waals surface area contributed by atoms with Crippen LogP contribution in [-0.4, -0.2) is 98.9 Å². The van der Waals surface area contributed by atoms with E-state index in [1.165, 1.54) is 11.0 Å². The van der Waals surface area contributed by atoms with Crippen molar-refractivity contribution in [2.45, 2.75) is 25.3 Å². The molecule has 0 aliphatic carbocycles. The van der Waals surface area contributed by atoms with Crippen molar-refractivity contribution in [3.05, 3.63) is 101 Å². The Balaban J connectivity index is 1.17. The lowest BCUT2D eigenvalue weighted by Crippen LogP contribution is -2.35. The minimum Gasteiger partial charge on any atom is -0.496 e. The van der Waals surface area contributed by atoms with Gasteiger partial charge in [0.25, 0.3) is 5.91 Å². The van der Waals surface area contributed by atoms with E-state index in [9.17, 15) is 4.79 Å². The van der Waals surface area contributed by atoms with Gasteiger partial charge in [0.1, 0.15) is 12.1 Å². The number of fused-ring (bicyclic) bond motifs is 1. The molecule has 1 unspecified atom stereocenters. The number of methoxy groups -OCH3 is 1. The summed E-state index contributed by atoms with van der Waals surface area (Å²) in [6.07, 6.45) is 5.25. The van der Waals surface area contributed by atoms with Crippen molar-refractivity contribution in [3.8, 4) is 11.4 Å². The summed E-state index contributed by atoms with van der Waals surface area (Å²) in [7, 11) is 3.37. The van der Waals surface area contributed by atoms with Crippen molar-refractivity contribution in [1.82, 2.24) is 39.6 Å². The number of carbonyl (C=O) groups is 1. The molecule has 11 nitrogen and oxygen atoms in total. The van der Waals surface area contributed by atoms with Crippen LogP contribution in [-0.2, 0) is 6.54 Å². The number of likely N-dealkylation sites (N-methyl/N-ethyl adjacent to an activating group) is 1. The first kappa shape index (κ1) is 33.5. The number of carbonyl (C=O) groups excluding carboxylic acids is 1.